The number of hydrogen-bond donors (Lipinski definition) is 2. The Morgan fingerprint density at radius 2 is 1.00 bits per heavy atom. The maximum atomic E-state index is 13.1. The largest absolute Gasteiger partial charge is 0.490 e. The number of aromatic nitrogens is 2. The lowest BCUT2D eigenvalue weighted by molar-refractivity contribution is -0.193. The van der Waals surface area contributed by atoms with Crippen molar-refractivity contribution in [3.8, 4) is 0 Å². The van der Waals surface area contributed by atoms with Crippen LogP contribution < -0.4 is 0 Å². The minimum atomic E-state index is -5.08. The fourth-order valence-electron chi connectivity index (χ4n) is 6.30. The number of halogens is 6. The van der Waals surface area contributed by atoms with Crippen LogP contribution >= 0.6 is 0 Å². The number of carboxylic acid groups (broad SMARTS) is 2. The van der Waals surface area contributed by atoms with Crippen molar-refractivity contribution in [2.24, 2.45) is 0 Å². The van der Waals surface area contributed by atoms with Crippen molar-refractivity contribution >= 4 is 60.1 Å². The van der Waals surface area contributed by atoms with E-state index < -0.39 is 44.3 Å². The molecule has 0 atom stereocenters. The highest BCUT2D eigenvalue weighted by Crippen LogP contribution is 2.30. The van der Waals surface area contributed by atoms with Gasteiger partial charge in [0.15, 0.2) is 6.29 Å². The maximum absolute atomic E-state index is 13.1. The molecule has 0 radical (unpaired) electrons. The second kappa shape index (κ2) is 19.8. The van der Waals surface area contributed by atoms with E-state index in [1.165, 1.54) is 13.5 Å². The van der Waals surface area contributed by atoms with Gasteiger partial charge in [-0.15, -0.1) is 0 Å². The maximum Gasteiger partial charge on any atom is 0.490 e. The summed E-state index contributed by atoms with van der Waals surface area (Å²) in [5.74, 6) is -5.51. The number of hydrogen-bond acceptors (Lipinski definition) is 9. The highest BCUT2D eigenvalue weighted by Gasteiger charge is 2.39. The third-order valence-electron chi connectivity index (χ3n) is 9.29. The smallest absolute Gasteiger partial charge is 0.475 e. The summed E-state index contributed by atoms with van der Waals surface area (Å²) in [7, 11) is -5.12. The van der Waals surface area contributed by atoms with E-state index in [4.69, 9.17) is 19.8 Å². The van der Waals surface area contributed by atoms with Crippen molar-refractivity contribution in [1.82, 2.24) is 17.7 Å². The van der Waals surface area contributed by atoms with Crippen molar-refractivity contribution < 1.29 is 67.8 Å². The number of aryl methyl sites for hydroxylation is 2. The zero-order valence-electron chi connectivity index (χ0n) is 33.1. The van der Waals surface area contributed by atoms with Gasteiger partial charge in [0.05, 0.1) is 20.8 Å². The summed E-state index contributed by atoms with van der Waals surface area (Å²) in [5, 5.41) is 16.0. The summed E-state index contributed by atoms with van der Waals surface area (Å²) < 4.78 is 118. The number of carbonyl (C=O) groups excluding carboxylic acids is 1. The van der Waals surface area contributed by atoms with Crippen molar-refractivity contribution in [3.63, 3.8) is 0 Å². The van der Waals surface area contributed by atoms with E-state index in [1.807, 2.05) is 25.1 Å². The van der Waals surface area contributed by atoms with E-state index in [-0.39, 0.29) is 4.90 Å². The van der Waals surface area contributed by atoms with Gasteiger partial charge in [-0.1, -0.05) is 60.7 Å². The zero-order chi connectivity index (χ0) is 46.2. The van der Waals surface area contributed by atoms with Gasteiger partial charge in [-0.2, -0.15) is 26.3 Å². The van der Waals surface area contributed by atoms with Crippen molar-refractivity contribution in [1.29, 1.82) is 0 Å². The SMILES string of the molecule is Cc1cn(S(=O)(=O)c2ccccc2)c2cccc(C=O)c12.Cc1cn(S(=O)(=O)c2ccccc2)c2cccc(CN3CCN(C)CC3)c12.O=C(O)C(F)(F)F.O=C(O)C(F)(F)F. The van der Waals surface area contributed by atoms with Gasteiger partial charge in [0.1, 0.15) is 0 Å². The molecule has 1 aliphatic heterocycles. The van der Waals surface area contributed by atoms with Gasteiger partial charge in [0.25, 0.3) is 20.0 Å². The number of fused-ring (bicyclic) bond motifs is 2. The lowest BCUT2D eigenvalue weighted by atomic mass is 10.1. The molecule has 0 saturated carbocycles. The molecule has 1 saturated heterocycles. The number of piperazine rings is 1. The van der Waals surface area contributed by atoms with E-state index in [0.717, 1.165) is 61.0 Å². The Kier molecular flexibility index (Phi) is 15.5. The quantitative estimate of drug-likeness (QED) is 0.122. The zero-order valence-corrected chi connectivity index (χ0v) is 34.8. The van der Waals surface area contributed by atoms with E-state index in [9.17, 15) is 48.0 Å². The Hall–Kier alpha value is -6.03. The van der Waals surface area contributed by atoms with Crippen LogP contribution in [0.1, 0.15) is 27.0 Å². The summed E-state index contributed by atoms with van der Waals surface area (Å²) in [6.45, 7) is 8.85. The van der Waals surface area contributed by atoms with E-state index in [0.29, 0.717) is 21.4 Å². The van der Waals surface area contributed by atoms with Gasteiger partial charge >= 0.3 is 24.3 Å². The molecule has 2 aromatic heterocycles. The molecule has 0 spiro atoms. The van der Waals surface area contributed by atoms with Crippen LogP contribution in [0.2, 0.25) is 0 Å². The van der Waals surface area contributed by atoms with Crippen LogP contribution in [0.25, 0.3) is 21.8 Å². The van der Waals surface area contributed by atoms with Gasteiger partial charge in [0.2, 0.25) is 0 Å². The number of carbonyl (C=O) groups is 3. The molecule has 7 rings (SSSR count). The molecule has 0 amide bonds. The third-order valence-corrected chi connectivity index (χ3v) is 12.7. The average molecular weight is 911 g/mol. The first-order valence-corrected chi connectivity index (χ1v) is 21.1. The van der Waals surface area contributed by atoms with E-state index in [1.54, 1.807) is 92.1 Å². The summed E-state index contributed by atoms with van der Waals surface area (Å²) in [6.07, 6.45) is -6.12. The van der Waals surface area contributed by atoms with Gasteiger partial charge in [0, 0.05) is 61.5 Å². The number of alkyl halides is 6. The molecule has 3 heterocycles. The first-order chi connectivity index (χ1) is 28.9. The normalized spacial score (nSPS) is 13.8. The molecule has 1 aliphatic rings. The van der Waals surface area contributed by atoms with Crippen molar-refractivity contribution in [3.05, 3.63) is 132 Å². The number of likely N-dealkylation sites (N-methyl/N-ethyl adjacent to an activating group) is 1. The van der Waals surface area contributed by atoms with Crippen LogP contribution in [0.3, 0.4) is 0 Å². The Morgan fingerprint density at radius 3 is 1.40 bits per heavy atom. The number of aldehydes is 1. The molecule has 0 bridgehead atoms. The second-order valence-corrected chi connectivity index (χ2v) is 17.3. The summed E-state index contributed by atoms with van der Waals surface area (Å²) in [4.78, 5) is 34.2. The summed E-state index contributed by atoms with van der Waals surface area (Å²) in [5.41, 5.74) is 4.70. The Balaban J connectivity index is 0.000000213. The van der Waals surface area contributed by atoms with Crippen LogP contribution in [-0.2, 0) is 36.2 Å². The molecular weight excluding hydrogens is 871 g/mol. The van der Waals surface area contributed by atoms with Crippen molar-refractivity contribution in [2.45, 2.75) is 42.5 Å². The van der Waals surface area contributed by atoms with Crippen LogP contribution in [0.15, 0.2) is 119 Å². The Bertz CT molecular complexity index is 2720. The van der Waals surface area contributed by atoms with Crippen LogP contribution in [0.4, 0.5) is 26.3 Å². The summed E-state index contributed by atoms with van der Waals surface area (Å²) in [6, 6.07) is 27.9. The van der Waals surface area contributed by atoms with Gasteiger partial charge < -0.3 is 15.1 Å². The van der Waals surface area contributed by atoms with Crippen LogP contribution in [0.5, 0.6) is 0 Å². The molecular formula is C41H40F6N4O9S2. The minimum Gasteiger partial charge on any atom is -0.475 e. The number of rotatable bonds is 7. The predicted molar refractivity (Wildman–Crippen MR) is 217 cm³/mol. The fourth-order valence-corrected chi connectivity index (χ4v) is 9.18. The number of nitrogens with zero attached hydrogens (tertiary/aromatic N) is 4. The molecule has 6 aromatic rings. The number of benzene rings is 4. The monoisotopic (exact) mass is 910 g/mol. The highest BCUT2D eigenvalue weighted by molar-refractivity contribution is 7.90. The number of carboxylic acids is 2. The molecule has 13 nitrogen and oxygen atoms in total. The Morgan fingerprint density at radius 1 is 0.613 bits per heavy atom. The molecule has 0 unspecified atom stereocenters. The topological polar surface area (TPSA) is 176 Å². The highest BCUT2D eigenvalue weighted by atomic mass is 32.2. The first kappa shape index (κ1) is 48.6. The summed E-state index contributed by atoms with van der Waals surface area (Å²) >= 11 is 0. The predicted octanol–water partition coefficient (Wildman–Crippen LogP) is 7.20. The fraction of sp³-hybridized carbons (Fsp3) is 0.244. The molecule has 21 heteroatoms. The van der Waals surface area contributed by atoms with Gasteiger partial charge in [-0.05, 0) is 74.0 Å². The lowest BCUT2D eigenvalue weighted by Gasteiger charge is -2.32. The molecule has 332 valence electrons. The second-order valence-electron chi connectivity index (χ2n) is 13.7. The van der Waals surface area contributed by atoms with E-state index in [2.05, 4.69) is 22.9 Å². The van der Waals surface area contributed by atoms with E-state index >= 15 is 0 Å². The van der Waals surface area contributed by atoms with Crippen LogP contribution in [0, 0.1) is 13.8 Å². The van der Waals surface area contributed by atoms with Gasteiger partial charge in [-0.25, -0.2) is 34.4 Å². The van der Waals surface area contributed by atoms with Gasteiger partial charge in [-0.3, -0.25) is 9.69 Å². The average Bonchev–Trinajstić information content (AvgIpc) is 3.77. The Labute approximate surface area is 352 Å². The molecule has 1 fully saturated rings. The first-order valence-electron chi connectivity index (χ1n) is 18.2. The van der Waals surface area contributed by atoms with Crippen LogP contribution in [-0.4, -0.2) is 109 Å². The minimum absolute atomic E-state index is 0.221. The molecule has 2 N–H and O–H groups in total. The molecule has 62 heavy (non-hydrogen) atoms. The molecule has 4 aromatic carbocycles. The van der Waals surface area contributed by atoms with Crippen molar-refractivity contribution in [2.75, 3.05) is 33.2 Å². The number of aliphatic carboxylic acids is 2. The molecule has 0 aliphatic carbocycles. The third kappa shape index (κ3) is 11.7. The standard InChI is InChI=1S/C21H25N3O2S.C16H13NO3S.2C2HF3O2/c1-17-15-24(27(25,26)19-8-4-3-5-9-19)20-10-6-7-18(21(17)20)16-23-13-11-22(2)12-14-23;1-12-10-17(15-9-5-6-13(11-18)16(12)15)21(19,20)14-7-3-2-4-8-14;2*3-2(4,5)1(6)7/h3-10,15H,11-14,16H2,1-2H3;2-11H,1H3;2*(H,6,7). The lowest BCUT2D eigenvalue weighted by Crippen LogP contribution is -2.43.